The zero-order valence-corrected chi connectivity index (χ0v) is 15.8. The van der Waals surface area contributed by atoms with E-state index in [0.717, 1.165) is 28.0 Å². The van der Waals surface area contributed by atoms with Crippen molar-refractivity contribution < 1.29 is 14.3 Å². The number of methoxy groups -OCH3 is 1. The lowest BCUT2D eigenvalue weighted by Gasteiger charge is -2.08. The first-order valence-electron chi connectivity index (χ1n) is 9.11. The summed E-state index contributed by atoms with van der Waals surface area (Å²) >= 11 is 0. The molecule has 1 N–H and O–H groups in total. The third kappa shape index (κ3) is 5.48. The molecule has 0 fully saturated rings. The van der Waals surface area contributed by atoms with Crippen LogP contribution < -0.4 is 10.1 Å². The van der Waals surface area contributed by atoms with E-state index in [1.165, 1.54) is 0 Å². The first kappa shape index (κ1) is 19.2. The molecule has 0 aromatic heterocycles. The lowest BCUT2D eigenvalue weighted by Crippen LogP contribution is -2.24. The van der Waals surface area contributed by atoms with Gasteiger partial charge in [-0.15, -0.1) is 0 Å². The van der Waals surface area contributed by atoms with Crippen molar-refractivity contribution in [2.75, 3.05) is 13.7 Å². The highest BCUT2D eigenvalue weighted by Crippen LogP contribution is 2.29. The highest BCUT2D eigenvalue weighted by molar-refractivity contribution is 5.71. The number of hydrogen-bond donors (Lipinski definition) is 1. The molecule has 0 heterocycles. The Balaban J connectivity index is 1.47. The number of para-hydroxylation sites is 1. The molecule has 0 saturated carbocycles. The van der Waals surface area contributed by atoms with Gasteiger partial charge in [0.2, 0.25) is 0 Å². The van der Waals surface area contributed by atoms with E-state index in [-0.39, 0.29) is 6.61 Å². The van der Waals surface area contributed by atoms with Crippen LogP contribution >= 0.6 is 0 Å². The number of amides is 1. The molecule has 1 amide bonds. The smallest absolute Gasteiger partial charge is 0.407 e. The fraction of sp³-hybridized carbons (Fsp3) is 0.125. The Kier molecular flexibility index (Phi) is 6.85. The molecule has 0 aliphatic rings. The van der Waals surface area contributed by atoms with Crippen molar-refractivity contribution in [3.05, 3.63) is 96.1 Å². The maximum Gasteiger partial charge on any atom is 0.407 e. The van der Waals surface area contributed by atoms with Crippen LogP contribution in [0, 0.1) is 0 Å². The molecule has 4 heteroatoms. The Hall–Kier alpha value is -3.53. The average Bonchev–Trinajstić information content (AvgIpc) is 2.76. The number of ether oxygens (including phenoxy) is 2. The van der Waals surface area contributed by atoms with Gasteiger partial charge in [-0.25, -0.2) is 4.79 Å². The van der Waals surface area contributed by atoms with Gasteiger partial charge in [-0.1, -0.05) is 84.9 Å². The van der Waals surface area contributed by atoms with Crippen LogP contribution in [0.3, 0.4) is 0 Å². The topological polar surface area (TPSA) is 47.6 Å². The summed E-state index contributed by atoms with van der Waals surface area (Å²) < 4.78 is 10.6. The average molecular weight is 373 g/mol. The molecule has 0 saturated heterocycles. The van der Waals surface area contributed by atoms with Crippen molar-refractivity contribution in [3.63, 3.8) is 0 Å². The molecule has 3 aromatic carbocycles. The van der Waals surface area contributed by atoms with Crippen LogP contribution in [0.25, 0.3) is 17.2 Å². The summed E-state index contributed by atoms with van der Waals surface area (Å²) in [6.07, 6.45) is 3.42. The van der Waals surface area contributed by atoms with E-state index < -0.39 is 6.09 Å². The second kappa shape index (κ2) is 9.97. The van der Waals surface area contributed by atoms with Gasteiger partial charge in [0.25, 0.3) is 0 Å². The van der Waals surface area contributed by atoms with E-state index in [9.17, 15) is 4.79 Å². The largest absolute Gasteiger partial charge is 0.496 e. The Morgan fingerprint density at radius 2 is 1.64 bits per heavy atom. The summed E-state index contributed by atoms with van der Waals surface area (Å²) in [6, 6.07) is 25.7. The summed E-state index contributed by atoms with van der Waals surface area (Å²) in [5.74, 6) is 0.851. The van der Waals surface area contributed by atoms with Crippen LogP contribution in [-0.4, -0.2) is 19.7 Å². The Morgan fingerprint density at radius 3 is 2.39 bits per heavy atom. The molecule has 0 unspecified atom stereocenters. The predicted octanol–water partition coefficient (Wildman–Crippen LogP) is 5.30. The van der Waals surface area contributed by atoms with E-state index in [2.05, 4.69) is 17.4 Å². The summed E-state index contributed by atoms with van der Waals surface area (Å²) in [5.41, 5.74) is 4.17. The third-order valence-electron chi connectivity index (χ3n) is 4.22. The van der Waals surface area contributed by atoms with Crippen LogP contribution in [0.15, 0.2) is 84.9 Å². The normalized spacial score (nSPS) is 10.6. The zero-order chi connectivity index (χ0) is 19.6. The lowest BCUT2D eigenvalue weighted by molar-refractivity contribution is 0.141. The van der Waals surface area contributed by atoms with Crippen LogP contribution in [-0.2, 0) is 11.3 Å². The summed E-state index contributed by atoms with van der Waals surface area (Å²) in [5, 5.41) is 2.71. The van der Waals surface area contributed by atoms with Crippen molar-refractivity contribution in [2.45, 2.75) is 6.61 Å². The van der Waals surface area contributed by atoms with Crippen LogP contribution in [0.4, 0.5) is 4.79 Å². The first-order valence-corrected chi connectivity index (χ1v) is 9.11. The van der Waals surface area contributed by atoms with Gasteiger partial charge >= 0.3 is 6.09 Å². The minimum absolute atomic E-state index is 0.265. The number of carbonyl (C=O) groups is 1. The van der Waals surface area contributed by atoms with Crippen LogP contribution in [0.2, 0.25) is 0 Å². The molecule has 0 aliphatic heterocycles. The van der Waals surface area contributed by atoms with Crippen molar-refractivity contribution in [1.82, 2.24) is 5.32 Å². The van der Waals surface area contributed by atoms with Gasteiger partial charge in [0.15, 0.2) is 0 Å². The molecule has 0 spiro atoms. The quantitative estimate of drug-likeness (QED) is 0.611. The van der Waals surface area contributed by atoms with Crippen molar-refractivity contribution in [1.29, 1.82) is 0 Å². The Morgan fingerprint density at radius 1 is 0.929 bits per heavy atom. The van der Waals surface area contributed by atoms with Crippen LogP contribution in [0.1, 0.15) is 11.1 Å². The maximum atomic E-state index is 11.7. The molecule has 0 radical (unpaired) electrons. The van der Waals surface area contributed by atoms with E-state index in [4.69, 9.17) is 9.47 Å². The molecule has 3 rings (SSSR count). The molecule has 28 heavy (non-hydrogen) atoms. The van der Waals surface area contributed by atoms with Crippen molar-refractivity contribution >= 4 is 12.2 Å². The minimum atomic E-state index is -0.431. The molecule has 3 aromatic rings. The molecular weight excluding hydrogens is 350 g/mol. The van der Waals surface area contributed by atoms with Gasteiger partial charge < -0.3 is 14.8 Å². The number of hydrogen-bond acceptors (Lipinski definition) is 3. The second-order valence-corrected chi connectivity index (χ2v) is 6.17. The summed E-state index contributed by atoms with van der Waals surface area (Å²) in [4.78, 5) is 11.7. The fourth-order valence-electron chi connectivity index (χ4n) is 2.77. The Bertz CT molecular complexity index is 918. The Labute approximate surface area is 165 Å². The fourth-order valence-corrected chi connectivity index (χ4v) is 2.77. The summed E-state index contributed by atoms with van der Waals surface area (Å²) in [6.45, 7) is 0.669. The molecule has 4 nitrogen and oxygen atoms in total. The number of nitrogens with one attached hydrogen (secondary N) is 1. The van der Waals surface area contributed by atoms with Gasteiger partial charge in [0, 0.05) is 12.1 Å². The molecule has 0 aliphatic carbocycles. The van der Waals surface area contributed by atoms with E-state index in [1.807, 2.05) is 78.9 Å². The number of alkyl carbamates (subject to hydrolysis) is 1. The van der Waals surface area contributed by atoms with Crippen molar-refractivity contribution in [3.8, 4) is 16.9 Å². The van der Waals surface area contributed by atoms with Gasteiger partial charge in [-0.05, 0) is 22.8 Å². The molecule has 0 bridgehead atoms. The van der Waals surface area contributed by atoms with E-state index in [1.54, 1.807) is 7.11 Å². The van der Waals surface area contributed by atoms with Gasteiger partial charge in [-0.3, -0.25) is 0 Å². The third-order valence-corrected chi connectivity index (χ3v) is 4.22. The summed E-state index contributed by atoms with van der Waals surface area (Å²) in [7, 11) is 1.67. The highest BCUT2D eigenvalue weighted by Gasteiger charge is 2.04. The second-order valence-electron chi connectivity index (χ2n) is 6.17. The van der Waals surface area contributed by atoms with Crippen molar-refractivity contribution in [2.24, 2.45) is 0 Å². The standard InChI is InChI=1S/C24H23NO3/c1-27-23-12-6-5-11-22(23)21-15-13-19(14-16-21)10-7-17-25-24(26)28-18-20-8-3-2-4-9-20/h2-16H,17-18H2,1H3,(H,25,26). The lowest BCUT2D eigenvalue weighted by atomic mass is 10.0. The maximum absolute atomic E-state index is 11.7. The van der Waals surface area contributed by atoms with Gasteiger partial charge in [0.1, 0.15) is 12.4 Å². The van der Waals surface area contributed by atoms with Crippen LogP contribution in [0.5, 0.6) is 5.75 Å². The molecule has 0 atom stereocenters. The van der Waals surface area contributed by atoms with E-state index in [0.29, 0.717) is 6.54 Å². The number of carbonyl (C=O) groups excluding carboxylic acids is 1. The first-order chi connectivity index (χ1) is 13.8. The minimum Gasteiger partial charge on any atom is -0.496 e. The predicted molar refractivity (Wildman–Crippen MR) is 112 cm³/mol. The number of benzene rings is 3. The highest BCUT2D eigenvalue weighted by atomic mass is 16.5. The SMILES string of the molecule is COc1ccccc1-c1ccc(C=CCNC(=O)OCc2ccccc2)cc1. The molecule has 142 valence electrons. The van der Waals surface area contributed by atoms with Gasteiger partial charge in [-0.2, -0.15) is 0 Å². The zero-order valence-electron chi connectivity index (χ0n) is 15.8. The van der Waals surface area contributed by atoms with Gasteiger partial charge in [0.05, 0.1) is 7.11 Å². The number of rotatable bonds is 7. The van der Waals surface area contributed by atoms with E-state index >= 15 is 0 Å². The monoisotopic (exact) mass is 373 g/mol. The molecular formula is C24H23NO3.